The molecule has 10 heteroatoms. The van der Waals surface area contributed by atoms with Gasteiger partial charge in [-0.05, 0) is 18.6 Å². The number of nitro groups is 1. The SMILES string of the molecule is CCCCCCCCCCCCCC(=O)N[C@@H](Nc1ccc(OC)cc1[N+](=O)[O-])C(Cl)(Cl)Cl. The number of alkyl halides is 3. The van der Waals surface area contributed by atoms with E-state index in [2.05, 4.69) is 17.6 Å². The molecule has 0 bridgehead atoms. The topological polar surface area (TPSA) is 93.5 Å². The smallest absolute Gasteiger partial charge is 0.296 e. The number of anilines is 1. The summed E-state index contributed by atoms with van der Waals surface area (Å²) in [5.74, 6) is 0.0316. The number of rotatable bonds is 17. The fourth-order valence-electron chi connectivity index (χ4n) is 3.45. The molecule has 1 amide bonds. The Morgan fingerprint density at radius 1 is 1.03 bits per heavy atom. The van der Waals surface area contributed by atoms with Crippen LogP contribution in [0.4, 0.5) is 11.4 Å². The van der Waals surface area contributed by atoms with Crippen molar-refractivity contribution in [1.29, 1.82) is 0 Å². The molecule has 1 aromatic rings. The van der Waals surface area contributed by atoms with Crippen LogP contribution in [0.15, 0.2) is 18.2 Å². The highest BCUT2D eigenvalue weighted by Gasteiger charge is 2.35. The summed E-state index contributed by atoms with van der Waals surface area (Å²) in [5.41, 5.74) is -0.152. The largest absolute Gasteiger partial charge is 0.496 e. The molecule has 1 atom stereocenters. The van der Waals surface area contributed by atoms with Gasteiger partial charge in [-0.3, -0.25) is 14.9 Å². The monoisotopic (exact) mass is 523 g/mol. The highest BCUT2D eigenvalue weighted by Crippen LogP contribution is 2.35. The minimum atomic E-state index is -1.92. The molecular formula is C23H36Cl3N3O4. The molecular weight excluding hydrogens is 489 g/mol. The zero-order valence-corrected chi connectivity index (χ0v) is 21.8. The second kappa shape index (κ2) is 16.2. The van der Waals surface area contributed by atoms with Crippen LogP contribution in [0.1, 0.15) is 84.0 Å². The van der Waals surface area contributed by atoms with Gasteiger partial charge in [0, 0.05) is 6.42 Å². The van der Waals surface area contributed by atoms with E-state index >= 15 is 0 Å². The predicted octanol–water partition coefficient (Wildman–Crippen LogP) is 7.53. The van der Waals surface area contributed by atoms with E-state index < -0.39 is 14.9 Å². The quantitative estimate of drug-likeness (QED) is 0.0722. The molecule has 0 unspecified atom stereocenters. The van der Waals surface area contributed by atoms with Gasteiger partial charge in [0.2, 0.25) is 9.70 Å². The lowest BCUT2D eigenvalue weighted by Crippen LogP contribution is -2.49. The van der Waals surface area contributed by atoms with Crippen LogP contribution in [0, 0.1) is 10.1 Å². The van der Waals surface area contributed by atoms with Crippen molar-refractivity contribution in [1.82, 2.24) is 5.32 Å². The fraction of sp³-hybridized carbons (Fsp3) is 0.696. The van der Waals surface area contributed by atoms with Gasteiger partial charge in [-0.25, -0.2) is 0 Å². The highest BCUT2D eigenvalue weighted by molar-refractivity contribution is 6.68. The molecule has 7 nitrogen and oxygen atoms in total. The summed E-state index contributed by atoms with van der Waals surface area (Å²) in [5, 5.41) is 16.8. The van der Waals surface area contributed by atoms with E-state index in [4.69, 9.17) is 39.5 Å². The molecule has 0 aliphatic rings. The lowest BCUT2D eigenvalue weighted by molar-refractivity contribution is -0.384. The van der Waals surface area contributed by atoms with Crippen LogP contribution in [0.25, 0.3) is 0 Å². The molecule has 188 valence electrons. The molecule has 0 saturated heterocycles. The van der Waals surface area contributed by atoms with Crippen LogP contribution in [-0.2, 0) is 4.79 Å². The molecule has 0 aromatic heterocycles. The number of hydrogen-bond donors (Lipinski definition) is 2. The van der Waals surface area contributed by atoms with E-state index in [1.165, 1.54) is 76.7 Å². The van der Waals surface area contributed by atoms with Crippen LogP contribution in [0.5, 0.6) is 5.75 Å². The molecule has 1 aromatic carbocycles. The Morgan fingerprint density at radius 3 is 2.06 bits per heavy atom. The standard InChI is InChI=1S/C23H36Cl3N3O4/c1-3-4-5-6-7-8-9-10-11-12-13-14-21(30)28-22(23(24,25)26)27-19-16-15-18(33-2)17-20(19)29(31)32/h15-17,22,27H,3-14H2,1-2H3,(H,28,30)/t22-/m1/s1. The van der Waals surface area contributed by atoms with E-state index in [-0.39, 0.29) is 17.3 Å². The fourth-order valence-corrected chi connectivity index (χ4v) is 3.78. The number of nitro benzene ring substituents is 1. The number of ether oxygens (including phenoxy) is 1. The van der Waals surface area contributed by atoms with Crippen molar-refractivity contribution in [3.8, 4) is 5.75 Å². The number of hydrogen-bond acceptors (Lipinski definition) is 5. The maximum absolute atomic E-state index is 12.4. The molecule has 0 fully saturated rings. The molecule has 0 heterocycles. The molecule has 0 aliphatic heterocycles. The first kappa shape index (κ1) is 29.6. The molecule has 33 heavy (non-hydrogen) atoms. The molecule has 0 radical (unpaired) electrons. The van der Waals surface area contributed by atoms with Gasteiger partial charge in [-0.2, -0.15) is 0 Å². The lowest BCUT2D eigenvalue weighted by Gasteiger charge is -2.27. The average molecular weight is 525 g/mol. The van der Waals surface area contributed by atoms with Gasteiger partial charge in [-0.15, -0.1) is 0 Å². The minimum absolute atomic E-state index is 0.104. The van der Waals surface area contributed by atoms with E-state index in [0.717, 1.165) is 19.3 Å². The summed E-state index contributed by atoms with van der Waals surface area (Å²) in [6.07, 6.45) is 12.2. The predicted molar refractivity (Wildman–Crippen MR) is 137 cm³/mol. The number of benzene rings is 1. The summed E-state index contributed by atoms with van der Waals surface area (Å²) in [4.78, 5) is 23.2. The number of nitrogens with one attached hydrogen (secondary N) is 2. The van der Waals surface area contributed by atoms with Gasteiger partial charge in [-0.1, -0.05) is 106 Å². The molecule has 0 spiro atoms. The Bertz CT molecular complexity index is 729. The third kappa shape index (κ3) is 12.6. The summed E-state index contributed by atoms with van der Waals surface area (Å²) < 4.78 is 3.11. The van der Waals surface area contributed by atoms with Gasteiger partial charge < -0.3 is 15.4 Å². The number of amides is 1. The maximum atomic E-state index is 12.4. The first-order valence-electron chi connectivity index (χ1n) is 11.6. The number of halogens is 3. The van der Waals surface area contributed by atoms with Crippen molar-refractivity contribution >= 4 is 52.1 Å². The lowest BCUT2D eigenvalue weighted by atomic mass is 10.1. The van der Waals surface area contributed by atoms with Crippen LogP contribution >= 0.6 is 34.8 Å². The normalized spacial score (nSPS) is 12.3. The molecule has 0 saturated carbocycles. The third-order valence-electron chi connectivity index (χ3n) is 5.34. The molecule has 0 aliphatic carbocycles. The Kier molecular flexibility index (Phi) is 14.6. The van der Waals surface area contributed by atoms with Crippen LogP contribution < -0.4 is 15.4 Å². The number of unbranched alkanes of at least 4 members (excludes halogenated alkanes) is 10. The minimum Gasteiger partial charge on any atom is -0.496 e. The maximum Gasteiger partial charge on any atom is 0.296 e. The van der Waals surface area contributed by atoms with Crippen LogP contribution in [0.3, 0.4) is 0 Å². The van der Waals surface area contributed by atoms with Gasteiger partial charge in [0.15, 0.2) is 0 Å². The second-order valence-electron chi connectivity index (χ2n) is 8.11. The number of nitrogens with zero attached hydrogens (tertiary/aromatic N) is 1. The average Bonchev–Trinajstić information content (AvgIpc) is 2.76. The van der Waals surface area contributed by atoms with E-state index in [9.17, 15) is 14.9 Å². The summed E-state index contributed by atoms with van der Waals surface area (Å²) >= 11 is 18.0. The van der Waals surface area contributed by atoms with Crippen LogP contribution in [0.2, 0.25) is 0 Å². The van der Waals surface area contributed by atoms with E-state index in [1.807, 2.05) is 0 Å². The van der Waals surface area contributed by atoms with Crippen molar-refractivity contribution in [2.45, 2.75) is 93.9 Å². The zero-order valence-electron chi connectivity index (χ0n) is 19.5. The first-order valence-corrected chi connectivity index (χ1v) is 12.8. The Balaban J connectivity index is 2.44. The molecule has 2 N–H and O–H groups in total. The second-order valence-corrected chi connectivity index (χ2v) is 10.5. The van der Waals surface area contributed by atoms with Gasteiger partial charge >= 0.3 is 0 Å². The zero-order chi connectivity index (χ0) is 24.7. The van der Waals surface area contributed by atoms with Crippen molar-refractivity contribution in [3.63, 3.8) is 0 Å². The number of methoxy groups -OCH3 is 1. The van der Waals surface area contributed by atoms with Gasteiger partial charge in [0.25, 0.3) is 5.69 Å². The van der Waals surface area contributed by atoms with E-state index in [1.54, 1.807) is 0 Å². The Morgan fingerprint density at radius 2 is 1.58 bits per heavy atom. The summed E-state index contributed by atoms with van der Waals surface area (Å²) in [6.45, 7) is 2.22. The van der Waals surface area contributed by atoms with Crippen LogP contribution in [-0.4, -0.2) is 27.9 Å². The first-order chi connectivity index (χ1) is 15.7. The highest BCUT2D eigenvalue weighted by atomic mass is 35.6. The summed E-state index contributed by atoms with van der Waals surface area (Å²) in [6, 6.07) is 4.24. The third-order valence-corrected chi connectivity index (χ3v) is 6.00. The Hall–Kier alpha value is -1.44. The summed E-state index contributed by atoms with van der Waals surface area (Å²) in [7, 11) is 1.41. The van der Waals surface area contributed by atoms with Gasteiger partial charge in [0.1, 0.15) is 17.6 Å². The van der Waals surface area contributed by atoms with Crippen molar-refractivity contribution in [3.05, 3.63) is 28.3 Å². The van der Waals surface area contributed by atoms with Crippen molar-refractivity contribution < 1.29 is 14.5 Å². The number of carbonyl (C=O) groups is 1. The van der Waals surface area contributed by atoms with Gasteiger partial charge in [0.05, 0.1) is 18.1 Å². The molecule has 1 rings (SSSR count). The van der Waals surface area contributed by atoms with Crippen molar-refractivity contribution in [2.75, 3.05) is 12.4 Å². The Labute approximate surface area is 212 Å². The number of carbonyl (C=O) groups excluding carboxylic acids is 1. The van der Waals surface area contributed by atoms with Crippen molar-refractivity contribution in [2.24, 2.45) is 0 Å². The van der Waals surface area contributed by atoms with E-state index in [0.29, 0.717) is 12.2 Å².